The number of nitrogens with one attached hydrogen (secondary N) is 2. The van der Waals surface area contributed by atoms with Gasteiger partial charge in [0.25, 0.3) is 5.91 Å². The normalized spacial score (nSPS) is 15.9. The minimum atomic E-state index is -4.57. The number of sulfonamides is 1. The van der Waals surface area contributed by atoms with E-state index < -0.39 is 27.7 Å². The molecule has 0 bridgehead atoms. The van der Waals surface area contributed by atoms with Crippen LogP contribution in [0.1, 0.15) is 5.56 Å². The quantitative estimate of drug-likeness (QED) is 0.606. The van der Waals surface area contributed by atoms with E-state index in [-0.39, 0.29) is 46.0 Å². The molecule has 0 atom stereocenters. The van der Waals surface area contributed by atoms with Crippen LogP contribution in [0, 0.1) is 0 Å². The van der Waals surface area contributed by atoms with Gasteiger partial charge in [0.05, 0.1) is 49.6 Å². The maximum Gasteiger partial charge on any atom is 0.416 e. The molecule has 1 saturated heterocycles. The number of quaternary nitrogens is 1. The van der Waals surface area contributed by atoms with E-state index in [0.717, 1.165) is 23.1 Å². The number of piperazine rings is 1. The highest BCUT2D eigenvalue weighted by Crippen LogP contribution is 2.34. The summed E-state index contributed by atoms with van der Waals surface area (Å²) < 4.78 is 71.2. The summed E-state index contributed by atoms with van der Waals surface area (Å²) in [5.41, 5.74) is -1.06. The Morgan fingerprint density at radius 2 is 1.82 bits per heavy atom. The molecule has 7 nitrogen and oxygen atoms in total. The second-order valence-electron chi connectivity index (χ2n) is 7.37. The van der Waals surface area contributed by atoms with E-state index in [1.807, 2.05) is 0 Å². The summed E-state index contributed by atoms with van der Waals surface area (Å²) in [6.45, 7) is 0.883. The van der Waals surface area contributed by atoms with Crippen molar-refractivity contribution in [3.63, 3.8) is 0 Å². The molecule has 33 heavy (non-hydrogen) atoms. The van der Waals surface area contributed by atoms with Crippen molar-refractivity contribution >= 4 is 44.8 Å². The van der Waals surface area contributed by atoms with Crippen LogP contribution in [0.25, 0.3) is 0 Å². The number of carbonyl (C=O) groups excluding carboxylic acids is 1. The Bertz CT molecular complexity index is 1140. The van der Waals surface area contributed by atoms with E-state index in [9.17, 15) is 26.4 Å². The molecule has 1 fully saturated rings. The molecule has 0 spiro atoms. The van der Waals surface area contributed by atoms with Crippen molar-refractivity contribution in [1.82, 2.24) is 4.31 Å². The number of amides is 1. The van der Waals surface area contributed by atoms with Crippen molar-refractivity contribution in [3.8, 4) is 5.75 Å². The lowest BCUT2D eigenvalue weighted by atomic mass is 10.2. The molecule has 1 amide bonds. The number of hydrogen-bond acceptors (Lipinski definition) is 4. The van der Waals surface area contributed by atoms with Crippen LogP contribution >= 0.6 is 23.2 Å². The molecule has 3 rings (SSSR count). The summed E-state index contributed by atoms with van der Waals surface area (Å²) in [5, 5.41) is 2.64. The molecule has 0 aliphatic carbocycles. The Balaban J connectivity index is 1.62. The Labute approximate surface area is 199 Å². The van der Waals surface area contributed by atoms with Gasteiger partial charge in [0.2, 0.25) is 10.0 Å². The summed E-state index contributed by atoms with van der Waals surface area (Å²) in [6.07, 6.45) is -4.57. The molecule has 2 N–H and O–H groups in total. The molecular weight excluding hydrogens is 506 g/mol. The molecule has 180 valence electrons. The van der Waals surface area contributed by atoms with E-state index in [0.29, 0.717) is 13.1 Å². The number of rotatable bonds is 6. The molecule has 0 aromatic heterocycles. The summed E-state index contributed by atoms with van der Waals surface area (Å²) in [6, 6.07) is 6.99. The van der Waals surface area contributed by atoms with Crippen molar-refractivity contribution in [2.75, 3.05) is 45.2 Å². The van der Waals surface area contributed by atoms with Gasteiger partial charge < -0.3 is 15.0 Å². The molecule has 1 heterocycles. The molecule has 13 heteroatoms. The molecule has 1 aliphatic heterocycles. The first-order valence-corrected chi connectivity index (χ1v) is 12.0. The van der Waals surface area contributed by atoms with E-state index in [4.69, 9.17) is 27.9 Å². The smallest absolute Gasteiger partial charge is 0.416 e. The van der Waals surface area contributed by atoms with Crippen LogP contribution < -0.4 is 15.0 Å². The molecule has 1 aliphatic rings. The summed E-state index contributed by atoms with van der Waals surface area (Å²) in [5.74, 6) is -0.356. The van der Waals surface area contributed by atoms with Crippen LogP contribution in [0.15, 0.2) is 41.3 Å². The van der Waals surface area contributed by atoms with Gasteiger partial charge in [0.1, 0.15) is 10.6 Å². The average molecular weight is 527 g/mol. The standard InChI is InChI=1S/C20H20Cl2F3N3O4S/c1-32-17-5-3-14(21)11-18(17)33(30,31)28-8-6-27(7-9-28)12-19(29)26-16-10-13(20(23,24)25)2-4-15(16)22/h2-5,10-11H,6-9,12H2,1H3,(H,26,29)/p+1. The lowest BCUT2D eigenvalue weighted by Crippen LogP contribution is -3.15. The first-order chi connectivity index (χ1) is 15.4. The first kappa shape index (κ1) is 25.6. The fraction of sp³-hybridized carbons (Fsp3) is 0.350. The molecule has 2 aromatic carbocycles. The van der Waals surface area contributed by atoms with Crippen LogP contribution in [0.2, 0.25) is 10.0 Å². The van der Waals surface area contributed by atoms with Crippen molar-refractivity contribution in [3.05, 3.63) is 52.0 Å². The van der Waals surface area contributed by atoms with Crippen LogP contribution in [0.3, 0.4) is 0 Å². The highest BCUT2D eigenvalue weighted by molar-refractivity contribution is 7.89. The van der Waals surface area contributed by atoms with Crippen molar-refractivity contribution in [2.24, 2.45) is 0 Å². The number of methoxy groups -OCH3 is 1. The summed E-state index contributed by atoms with van der Waals surface area (Å²) >= 11 is 11.9. The van der Waals surface area contributed by atoms with Crippen molar-refractivity contribution < 1.29 is 36.0 Å². The maximum atomic E-state index is 13.0. The number of hydrogen-bond donors (Lipinski definition) is 2. The van der Waals surface area contributed by atoms with E-state index in [1.165, 1.54) is 29.6 Å². The third kappa shape index (κ3) is 6.10. The SMILES string of the molecule is COc1ccc(Cl)cc1S(=O)(=O)N1CC[NH+](CC(=O)Nc2cc(C(F)(F)F)ccc2Cl)CC1. The lowest BCUT2D eigenvalue weighted by Gasteiger charge is -2.31. The van der Waals surface area contributed by atoms with Crippen LogP contribution in [0.4, 0.5) is 18.9 Å². The van der Waals surface area contributed by atoms with Gasteiger partial charge in [-0.2, -0.15) is 17.5 Å². The predicted molar refractivity (Wildman–Crippen MR) is 117 cm³/mol. The van der Waals surface area contributed by atoms with Gasteiger partial charge in [-0.25, -0.2) is 8.42 Å². The number of anilines is 1. The second-order valence-corrected chi connectivity index (χ2v) is 10.1. The van der Waals surface area contributed by atoms with Gasteiger partial charge in [0.15, 0.2) is 6.54 Å². The van der Waals surface area contributed by atoms with Gasteiger partial charge >= 0.3 is 6.18 Å². The van der Waals surface area contributed by atoms with Gasteiger partial charge in [-0.05, 0) is 36.4 Å². The van der Waals surface area contributed by atoms with Crippen LogP contribution in [-0.2, 0) is 21.0 Å². The molecule has 0 radical (unpaired) electrons. The maximum absolute atomic E-state index is 13.0. The predicted octanol–water partition coefficient (Wildman–Crippen LogP) is 2.55. The van der Waals surface area contributed by atoms with Crippen LogP contribution in [0.5, 0.6) is 5.75 Å². The number of alkyl halides is 3. The summed E-state index contributed by atoms with van der Waals surface area (Å²) in [4.78, 5) is 13.1. The fourth-order valence-electron chi connectivity index (χ4n) is 3.43. The second kappa shape index (κ2) is 10.1. The largest absolute Gasteiger partial charge is 0.495 e. The number of benzene rings is 2. The zero-order chi connectivity index (χ0) is 24.4. The number of carbonyl (C=O) groups is 1. The Morgan fingerprint density at radius 3 is 2.42 bits per heavy atom. The summed E-state index contributed by atoms with van der Waals surface area (Å²) in [7, 11) is -2.51. The topological polar surface area (TPSA) is 80.2 Å². The third-order valence-electron chi connectivity index (χ3n) is 5.15. The van der Waals surface area contributed by atoms with E-state index >= 15 is 0 Å². The molecule has 0 unspecified atom stereocenters. The highest BCUT2D eigenvalue weighted by Gasteiger charge is 2.34. The molecule has 2 aromatic rings. The number of halogens is 5. The third-order valence-corrected chi connectivity index (χ3v) is 7.64. The van der Waals surface area contributed by atoms with Crippen LogP contribution in [-0.4, -0.2) is 58.5 Å². The monoisotopic (exact) mass is 526 g/mol. The fourth-order valence-corrected chi connectivity index (χ4v) is 5.45. The minimum Gasteiger partial charge on any atom is -0.495 e. The Kier molecular flexibility index (Phi) is 7.80. The minimum absolute atomic E-state index is 0.0160. The van der Waals surface area contributed by atoms with E-state index in [2.05, 4.69) is 5.32 Å². The zero-order valence-corrected chi connectivity index (χ0v) is 19.7. The van der Waals surface area contributed by atoms with Gasteiger partial charge in [-0.3, -0.25) is 4.79 Å². The molecular formula is C20H21Cl2F3N3O4S+. The van der Waals surface area contributed by atoms with Gasteiger partial charge in [-0.15, -0.1) is 0 Å². The van der Waals surface area contributed by atoms with Crippen molar-refractivity contribution in [1.29, 1.82) is 0 Å². The first-order valence-electron chi connectivity index (χ1n) is 9.75. The zero-order valence-electron chi connectivity index (χ0n) is 17.4. The van der Waals surface area contributed by atoms with Gasteiger partial charge in [0, 0.05) is 5.02 Å². The van der Waals surface area contributed by atoms with Crippen molar-refractivity contribution in [2.45, 2.75) is 11.1 Å². The number of nitrogens with zero attached hydrogens (tertiary/aromatic N) is 1. The lowest BCUT2D eigenvalue weighted by molar-refractivity contribution is -0.895. The Hall–Kier alpha value is -2.05. The highest BCUT2D eigenvalue weighted by atomic mass is 35.5. The average Bonchev–Trinajstić information content (AvgIpc) is 2.75. The van der Waals surface area contributed by atoms with E-state index in [1.54, 1.807) is 0 Å². The number of ether oxygens (including phenoxy) is 1. The molecule has 0 saturated carbocycles. The van der Waals surface area contributed by atoms with Gasteiger partial charge in [-0.1, -0.05) is 23.2 Å². The Morgan fingerprint density at radius 1 is 1.15 bits per heavy atom.